The van der Waals surface area contributed by atoms with Crippen molar-refractivity contribution in [2.75, 3.05) is 0 Å². The van der Waals surface area contributed by atoms with E-state index in [1.54, 1.807) is 23.0 Å². The van der Waals surface area contributed by atoms with Crippen molar-refractivity contribution in [1.29, 1.82) is 5.26 Å². The second kappa shape index (κ2) is 5.16. The largest absolute Gasteiger partial charge is 0.255 e. The van der Waals surface area contributed by atoms with E-state index < -0.39 is 0 Å². The minimum atomic E-state index is 0.325. The summed E-state index contributed by atoms with van der Waals surface area (Å²) in [5.41, 5.74) is 2.51. The molecule has 0 atom stereocenters. The molecule has 0 fully saturated rings. The highest BCUT2D eigenvalue weighted by Crippen LogP contribution is 2.26. The van der Waals surface area contributed by atoms with Crippen molar-refractivity contribution in [1.82, 2.24) is 14.8 Å². The molecule has 5 heteroatoms. The molecule has 96 valence electrons. The average Bonchev–Trinajstić information content (AvgIpc) is 2.93. The molecule has 3 rings (SSSR count). The van der Waals surface area contributed by atoms with Crippen LogP contribution in [0.15, 0.2) is 54.7 Å². The van der Waals surface area contributed by atoms with Crippen LogP contribution in [0.3, 0.4) is 0 Å². The number of rotatable bonds is 2. The minimum Gasteiger partial charge on any atom is -0.255 e. The van der Waals surface area contributed by atoms with Gasteiger partial charge in [-0.3, -0.25) is 4.98 Å². The second-order valence-electron chi connectivity index (χ2n) is 4.10. The summed E-state index contributed by atoms with van der Waals surface area (Å²) in [6, 6.07) is 16.7. The molecule has 0 aliphatic carbocycles. The van der Waals surface area contributed by atoms with Gasteiger partial charge in [-0.1, -0.05) is 29.8 Å². The van der Waals surface area contributed by atoms with Gasteiger partial charge in [0.05, 0.1) is 22.1 Å². The van der Waals surface area contributed by atoms with Crippen LogP contribution >= 0.6 is 11.6 Å². The molecule has 3 aromatic rings. The fraction of sp³-hybridized carbons (Fsp3) is 0. The first-order valence-corrected chi connectivity index (χ1v) is 6.34. The lowest BCUT2D eigenvalue weighted by Crippen LogP contribution is -2.00. The monoisotopic (exact) mass is 280 g/mol. The Morgan fingerprint density at radius 3 is 2.60 bits per heavy atom. The zero-order valence-electron chi connectivity index (χ0n) is 10.4. The van der Waals surface area contributed by atoms with Crippen LogP contribution in [0.2, 0.25) is 5.02 Å². The van der Waals surface area contributed by atoms with E-state index in [1.165, 1.54) is 0 Å². The molecule has 20 heavy (non-hydrogen) atoms. The Bertz CT molecular complexity index is 787. The predicted molar refractivity (Wildman–Crippen MR) is 76.5 cm³/mol. The Morgan fingerprint density at radius 1 is 1.10 bits per heavy atom. The minimum absolute atomic E-state index is 0.325. The maximum Gasteiger partial charge on any atom is 0.163 e. The lowest BCUT2D eigenvalue weighted by Gasteiger charge is -2.08. The van der Waals surface area contributed by atoms with E-state index in [2.05, 4.69) is 10.1 Å². The molecule has 2 heterocycles. The number of para-hydroxylation sites is 1. The third-order valence-corrected chi connectivity index (χ3v) is 3.15. The standard InChI is InChI=1S/C15H9ClN4/c16-12-5-1-2-7-14(12)20-15(9-11(10-17)19-20)13-6-3-4-8-18-13/h1-9H. The van der Waals surface area contributed by atoms with Gasteiger partial charge in [0.25, 0.3) is 0 Å². The molecular formula is C15H9ClN4. The summed E-state index contributed by atoms with van der Waals surface area (Å²) in [4.78, 5) is 4.30. The van der Waals surface area contributed by atoms with Crippen LogP contribution < -0.4 is 0 Å². The SMILES string of the molecule is N#Cc1cc(-c2ccccn2)n(-c2ccccc2Cl)n1. The van der Waals surface area contributed by atoms with E-state index in [4.69, 9.17) is 16.9 Å². The zero-order chi connectivity index (χ0) is 13.9. The van der Waals surface area contributed by atoms with Crippen molar-refractivity contribution in [3.8, 4) is 23.1 Å². The Labute approximate surface area is 120 Å². The van der Waals surface area contributed by atoms with Gasteiger partial charge in [0.15, 0.2) is 5.69 Å². The van der Waals surface area contributed by atoms with Crippen LogP contribution in [-0.4, -0.2) is 14.8 Å². The summed E-state index contributed by atoms with van der Waals surface area (Å²) in [6.45, 7) is 0. The summed E-state index contributed by atoms with van der Waals surface area (Å²) in [6.07, 6.45) is 1.70. The van der Waals surface area contributed by atoms with Crippen molar-refractivity contribution < 1.29 is 0 Å². The molecule has 0 radical (unpaired) electrons. The number of hydrogen-bond acceptors (Lipinski definition) is 3. The Balaban J connectivity index is 2.24. The number of benzene rings is 1. The van der Waals surface area contributed by atoms with Crippen molar-refractivity contribution in [3.63, 3.8) is 0 Å². The first-order chi connectivity index (χ1) is 9.79. The van der Waals surface area contributed by atoms with E-state index in [0.29, 0.717) is 10.7 Å². The molecule has 0 unspecified atom stereocenters. The topological polar surface area (TPSA) is 54.5 Å². The molecule has 0 bridgehead atoms. The fourth-order valence-corrected chi connectivity index (χ4v) is 2.16. The van der Waals surface area contributed by atoms with Crippen molar-refractivity contribution in [2.24, 2.45) is 0 Å². The molecule has 0 aliphatic heterocycles. The van der Waals surface area contributed by atoms with Crippen LogP contribution in [0, 0.1) is 11.3 Å². The number of halogens is 1. The maximum absolute atomic E-state index is 9.06. The van der Waals surface area contributed by atoms with Crippen molar-refractivity contribution in [3.05, 3.63) is 65.4 Å². The molecular weight excluding hydrogens is 272 g/mol. The highest BCUT2D eigenvalue weighted by Gasteiger charge is 2.14. The summed E-state index contributed by atoms with van der Waals surface area (Å²) in [5, 5.41) is 13.9. The summed E-state index contributed by atoms with van der Waals surface area (Å²) >= 11 is 6.21. The third-order valence-electron chi connectivity index (χ3n) is 2.83. The van der Waals surface area contributed by atoms with Crippen LogP contribution in [0.5, 0.6) is 0 Å². The summed E-state index contributed by atoms with van der Waals surface area (Å²) in [5.74, 6) is 0. The highest BCUT2D eigenvalue weighted by atomic mass is 35.5. The van der Waals surface area contributed by atoms with Gasteiger partial charge in [0.1, 0.15) is 6.07 Å². The van der Waals surface area contributed by atoms with E-state index >= 15 is 0 Å². The van der Waals surface area contributed by atoms with Gasteiger partial charge < -0.3 is 0 Å². The van der Waals surface area contributed by atoms with E-state index in [1.807, 2.05) is 42.5 Å². The molecule has 2 aromatic heterocycles. The number of nitrogens with zero attached hydrogens (tertiary/aromatic N) is 4. The fourth-order valence-electron chi connectivity index (χ4n) is 1.94. The second-order valence-corrected chi connectivity index (χ2v) is 4.51. The number of pyridine rings is 1. The molecule has 0 spiro atoms. The highest BCUT2D eigenvalue weighted by molar-refractivity contribution is 6.32. The van der Waals surface area contributed by atoms with Gasteiger partial charge in [0, 0.05) is 12.3 Å². The number of nitriles is 1. The van der Waals surface area contributed by atoms with Crippen LogP contribution in [0.4, 0.5) is 0 Å². The number of aromatic nitrogens is 3. The van der Waals surface area contributed by atoms with Gasteiger partial charge in [-0.25, -0.2) is 4.68 Å². The third kappa shape index (κ3) is 2.15. The van der Waals surface area contributed by atoms with Gasteiger partial charge in [-0.15, -0.1) is 0 Å². The van der Waals surface area contributed by atoms with E-state index in [9.17, 15) is 0 Å². The van der Waals surface area contributed by atoms with Crippen molar-refractivity contribution in [2.45, 2.75) is 0 Å². The number of hydrogen-bond donors (Lipinski definition) is 0. The molecule has 0 amide bonds. The molecule has 0 aliphatic rings. The molecule has 0 N–H and O–H groups in total. The summed E-state index contributed by atoms with van der Waals surface area (Å²) < 4.78 is 1.64. The van der Waals surface area contributed by atoms with Crippen LogP contribution in [-0.2, 0) is 0 Å². The molecule has 1 aromatic carbocycles. The Morgan fingerprint density at radius 2 is 1.90 bits per heavy atom. The first-order valence-electron chi connectivity index (χ1n) is 5.96. The average molecular weight is 281 g/mol. The van der Waals surface area contributed by atoms with Gasteiger partial charge in [-0.05, 0) is 24.3 Å². The molecule has 0 saturated heterocycles. The maximum atomic E-state index is 9.06. The van der Waals surface area contributed by atoms with Crippen molar-refractivity contribution >= 4 is 11.6 Å². The lowest BCUT2D eigenvalue weighted by atomic mass is 10.2. The first kappa shape index (κ1) is 12.4. The molecule has 0 saturated carbocycles. The van der Waals surface area contributed by atoms with E-state index in [-0.39, 0.29) is 0 Å². The predicted octanol–water partition coefficient (Wildman–Crippen LogP) is 3.46. The van der Waals surface area contributed by atoms with Gasteiger partial charge >= 0.3 is 0 Å². The van der Waals surface area contributed by atoms with Crippen LogP contribution in [0.25, 0.3) is 17.1 Å². The Kier molecular flexibility index (Phi) is 3.20. The quantitative estimate of drug-likeness (QED) is 0.722. The lowest BCUT2D eigenvalue weighted by molar-refractivity contribution is 0.877. The van der Waals surface area contributed by atoms with Crippen LogP contribution in [0.1, 0.15) is 5.69 Å². The smallest absolute Gasteiger partial charge is 0.163 e. The van der Waals surface area contributed by atoms with Gasteiger partial charge in [0.2, 0.25) is 0 Å². The van der Waals surface area contributed by atoms with Gasteiger partial charge in [-0.2, -0.15) is 10.4 Å². The summed E-state index contributed by atoms with van der Waals surface area (Å²) in [7, 11) is 0. The zero-order valence-corrected chi connectivity index (χ0v) is 11.1. The molecule has 4 nitrogen and oxygen atoms in total. The Hall–Kier alpha value is -2.64. The normalized spacial score (nSPS) is 10.2. The van der Waals surface area contributed by atoms with E-state index in [0.717, 1.165) is 17.1 Å².